The van der Waals surface area contributed by atoms with Gasteiger partial charge in [-0.3, -0.25) is 14.4 Å². The summed E-state index contributed by atoms with van der Waals surface area (Å²) in [6.07, 6.45) is 3.92. The van der Waals surface area contributed by atoms with Crippen LogP contribution in [-0.4, -0.2) is 96.9 Å². The molecule has 2 aliphatic rings. The summed E-state index contributed by atoms with van der Waals surface area (Å²) in [5.41, 5.74) is 5.95. The topological polar surface area (TPSA) is 137 Å². The van der Waals surface area contributed by atoms with Gasteiger partial charge in [-0.25, -0.2) is 4.98 Å². The summed E-state index contributed by atoms with van der Waals surface area (Å²) in [7, 11) is 0. The van der Waals surface area contributed by atoms with Gasteiger partial charge >= 0.3 is 0 Å². The molecule has 4 atom stereocenters. The van der Waals surface area contributed by atoms with E-state index in [0.717, 1.165) is 59.6 Å². The molecule has 0 spiro atoms. The highest BCUT2D eigenvalue weighted by molar-refractivity contribution is 7.13. The molecule has 0 bridgehead atoms. The molecule has 1 saturated carbocycles. The Morgan fingerprint density at radius 2 is 1.64 bits per heavy atom. The molecule has 1 aliphatic carbocycles. The van der Waals surface area contributed by atoms with Crippen molar-refractivity contribution in [3.8, 4) is 16.2 Å². The maximum Gasteiger partial charge on any atom is 0.255 e. The number of carbonyl (C=O) groups is 3. The lowest BCUT2D eigenvalue weighted by Crippen LogP contribution is -2.49. The number of thiazole rings is 1. The van der Waals surface area contributed by atoms with Crippen molar-refractivity contribution in [1.82, 2.24) is 15.2 Å². The summed E-state index contributed by atoms with van der Waals surface area (Å²) in [6.45, 7) is 9.64. The Bertz CT molecular complexity index is 1700. The van der Waals surface area contributed by atoms with Crippen molar-refractivity contribution in [3.05, 3.63) is 70.4 Å². The second-order valence-corrected chi connectivity index (χ2v) is 15.8. The molecule has 11 nitrogen and oxygen atoms in total. The van der Waals surface area contributed by atoms with Gasteiger partial charge in [0.15, 0.2) is 5.78 Å². The number of rotatable bonds is 24. The fraction of sp³-hybridized carbons (Fsp3) is 0.571. The van der Waals surface area contributed by atoms with E-state index in [4.69, 9.17) is 30.5 Å². The van der Waals surface area contributed by atoms with Crippen molar-refractivity contribution in [3.63, 3.8) is 0 Å². The van der Waals surface area contributed by atoms with E-state index in [1.54, 1.807) is 22.3 Å². The first-order chi connectivity index (χ1) is 26.7. The van der Waals surface area contributed by atoms with Gasteiger partial charge in [-0.15, -0.1) is 22.9 Å². The zero-order valence-corrected chi connectivity index (χ0v) is 33.9. The van der Waals surface area contributed by atoms with Crippen LogP contribution in [-0.2, 0) is 36.9 Å². The molecular weight excluding hydrogens is 742 g/mol. The number of halogens is 1. The first-order valence-corrected chi connectivity index (χ1v) is 20.9. The van der Waals surface area contributed by atoms with Gasteiger partial charge in [0.25, 0.3) is 5.91 Å². The van der Waals surface area contributed by atoms with E-state index in [9.17, 15) is 19.5 Å². The summed E-state index contributed by atoms with van der Waals surface area (Å²) in [5.74, 6) is -0.942. The zero-order chi connectivity index (χ0) is 39.2. The normalized spacial score (nSPS) is 18.5. The maximum absolute atomic E-state index is 14.2. The van der Waals surface area contributed by atoms with Crippen molar-refractivity contribution < 1.29 is 38.4 Å². The second kappa shape index (κ2) is 21.8. The Labute approximate surface area is 334 Å². The van der Waals surface area contributed by atoms with Crippen molar-refractivity contribution in [1.29, 1.82) is 0 Å². The number of aliphatic hydroxyl groups is 1. The van der Waals surface area contributed by atoms with Crippen LogP contribution in [0.1, 0.15) is 79.6 Å². The van der Waals surface area contributed by atoms with Gasteiger partial charge in [0.1, 0.15) is 12.4 Å². The summed E-state index contributed by atoms with van der Waals surface area (Å²) in [5, 5.41) is 13.7. The molecule has 55 heavy (non-hydrogen) atoms. The third kappa shape index (κ3) is 11.8. The van der Waals surface area contributed by atoms with Gasteiger partial charge in [-0.05, 0) is 61.8 Å². The minimum Gasteiger partial charge on any atom is -0.491 e. The number of benzene rings is 2. The quantitative estimate of drug-likeness (QED) is 0.0760. The van der Waals surface area contributed by atoms with E-state index in [1.807, 2.05) is 62.7 Å². The number of fused-ring (bicyclic) bond motifs is 1. The van der Waals surface area contributed by atoms with Gasteiger partial charge in [-0.2, -0.15) is 0 Å². The van der Waals surface area contributed by atoms with E-state index in [-0.39, 0.29) is 42.9 Å². The van der Waals surface area contributed by atoms with Crippen LogP contribution in [0.2, 0.25) is 0 Å². The predicted octanol–water partition coefficient (Wildman–Crippen LogP) is 6.60. The number of hydrogen-bond donors (Lipinski definition) is 2. The molecule has 2 heterocycles. The highest BCUT2D eigenvalue weighted by atomic mass is 35.5. The fourth-order valence-corrected chi connectivity index (χ4v) is 8.44. The average molecular weight is 798 g/mol. The lowest BCUT2D eigenvalue weighted by Gasteiger charge is -2.33. The lowest BCUT2D eigenvalue weighted by atomic mass is 9.83. The van der Waals surface area contributed by atoms with Crippen molar-refractivity contribution in [2.24, 2.45) is 17.8 Å². The first-order valence-electron chi connectivity index (χ1n) is 19.5. The maximum atomic E-state index is 14.2. The lowest BCUT2D eigenvalue weighted by molar-refractivity contribution is -0.136. The molecule has 0 saturated heterocycles. The number of carbonyl (C=O) groups excluding carboxylic acids is 3. The van der Waals surface area contributed by atoms with Crippen molar-refractivity contribution in [2.75, 3.05) is 52.1 Å². The number of aryl methyl sites for hydroxylation is 1. The summed E-state index contributed by atoms with van der Waals surface area (Å²) < 4.78 is 23.2. The van der Waals surface area contributed by atoms with E-state index >= 15 is 0 Å². The van der Waals surface area contributed by atoms with Gasteiger partial charge in [0.05, 0.1) is 67.2 Å². The number of ether oxygens (including phenoxy) is 4. The number of amides is 2. The minimum absolute atomic E-state index is 0.168. The Hall–Kier alpha value is -3.39. The predicted molar refractivity (Wildman–Crippen MR) is 213 cm³/mol. The molecule has 1 fully saturated rings. The average Bonchev–Trinajstić information content (AvgIpc) is 3.88. The van der Waals surface area contributed by atoms with Crippen LogP contribution in [0.15, 0.2) is 48.0 Å². The Morgan fingerprint density at radius 3 is 2.33 bits per heavy atom. The summed E-state index contributed by atoms with van der Waals surface area (Å²) >= 11 is 7.25. The minimum atomic E-state index is -0.787. The molecule has 1 aromatic heterocycles. The Kier molecular flexibility index (Phi) is 16.9. The van der Waals surface area contributed by atoms with Crippen LogP contribution in [0.3, 0.4) is 0 Å². The van der Waals surface area contributed by atoms with Gasteiger partial charge < -0.3 is 34.3 Å². The second-order valence-electron chi connectivity index (χ2n) is 14.6. The van der Waals surface area contributed by atoms with Gasteiger partial charge in [0.2, 0.25) is 5.91 Å². The van der Waals surface area contributed by atoms with E-state index in [1.165, 1.54) is 0 Å². The number of alkyl halides is 1. The van der Waals surface area contributed by atoms with Crippen LogP contribution in [0.5, 0.6) is 5.75 Å². The number of aromatic nitrogens is 1. The number of ketones is 1. The summed E-state index contributed by atoms with van der Waals surface area (Å²) in [6, 6.07) is 12.6. The third-order valence-electron chi connectivity index (χ3n) is 10.3. The number of Topliss-reactive ketones (excluding diaryl/α,β-unsaturated/α-hetero) is 1. The molecule has 0 radical (unpaired) electrons. The summed E-state index contributed by atoms with van der Waals surface area (Å²) in [4.78, 5) is 48.5. The Morgan fingerprint density at radius 1 is 0.945 bits per heavy atom. The molecule has 300 valence electrons. The third-order valence-corrected chi connectivity index (χ3v) is 11.5. The molecular formula is C42H56ClN3O8S. The van der Waals surface area contributed by atoms with Crippen LogP contribution < -0.4 is 10.1 Å². The van der Waals surface area contributed by atoms with E-state index < -0.39 is 24.0 Å². The molecule has 5 rings (SSSR count). The van der Waals surface area contributed by atoms with Crippen molar-refractivity contribution in [2.45, 2.75) is 84.5 Å². The molecule has 1 aliphatic heterocycles. The van der Waals surface area contributed by atoms with Crippen LogP contribution in [0, 0.1) is 24.7 Å². The fourth-order valence-electron chi connectivity index (χ4n) is 7.45. The highest BCUT2D eigenvalue weighted by Gasteiger charge is 2.47. The Balaban J connectivity index is 1.14. The first kappa shape index (κ1) is 42.7. The van der Waals surface area contributed by atoms with Crippen LogP contribution >= 0.6 is 22.9 Å². The molecule has 2 N–H and O–H groups in total. The smallest absolute Gasteiger partial charge is 0.255 e. The van der Waals surface area contributed by atoms with E-state index in [2.05, 4.69) is 10.3 Å². The number of hydrogen-bond acceptors (Lipinski definition) is 10. The number of nitrogens with zero attached hydrogens (tertiary/aromatic N) is 2. The van der Waals surface area contributed by atoms with Crippen molar-refractivity contribution >= 4 is 40.5 Å². The van der Waals surface area contributed by atoms with Gasteiger partial charge in [-0.1, -0.05) is 57.0 Å². The largest absolute Gasteiger partial charge is 0.491 e. The van der Waals surface area contributed by atoms with Crippen LogP contribution in [0.25, 0.3) is 10.4 Å². The molecule has 1 unspecified atom stereocenters. The van der Waals surface area contributed by atoms with Crippen LogP contribution in [0.4, 0.5) is 0 Å². The molecule has 2 amide bonds. The zero-order valence-electron chi connectivity index (χ0n) is 32.3. The number of nitrogens with one attached hydrogen (secondary N) is 1. The number of aliphatic hydroxyl groups excluding tert-OH is 1. The molecule has 3 aromatic rings. The van der Waals surface area contributed by atoms with E-state index in [0.29, 0.717) is 63.4 Å². The molecule has 2 aromatic carbocycles. The molecule has 13 heteroatoms. The van der Waals surface area contributed by atoms with Gasteiger partial charge in [0, 0.05) is 42.6 Å². The monoisotopic (exact) mass is 797 g/mol. The highest BCUT2D eigenvalue weighted by Crippen LogP contribution is 2.38. The standard InChI is InChI=1S/C42H56ClN3O8S/c1-28(2)38(46-26-32-10-6-7-11-34(32)42(46)50)39(48)35-23-33(47)24-36(35)41(49)44-25-31-13-12-30(40-29(3)45-27-55-40)22-37(31)54-21-20-53-19-18-52-17-16-51-15-9-5-4-8-14-43/h6-7,10-13,22,27-28,33,35-36,38,47H,4-5,8-9,14-21,23-26H2,1-3H3,(H,44,49)/t33-,35?,36+,38-/m0/s1. The number of unbranched alkanes of at least 4 members (excludes halogenated alkanes) is 3. The SMILES string of the molecule is Cc1ncsc1-c1ccc(CNC(=O)[C@@H]2C[C@@H](O)CC2C(=O)[C@H](C(C)C)N2Cc3ccccc3C2=O)c(OCCOCCOCCOCCCCCCCl)c1.